The molecule has 2 unspecified atom stereocenters. The van der Waals surface area contributed by atoms with Gasteiger partial charge in [0.05, 0.1) is 13.2 Å². The Hall–Kier alpha value is -1.82. The summed E-state index contributed by atoms with van der Waals surface area (Å²) >= 11 is 0. The number of halogens is 1. The molecule has 21 heavy (non-hydrogen) atoms. The first kappa shape index (κ1) is 17.2. The molecule has 0 bridgehead atoms. The number of methoxy groups -OCH3 is 1. The SMILES string of the molecule is CN=C(NCC(C)Oc1ccccc1F)NC(C)COC. The second-order valence-corrected chi connectivity index (χ2v) is 4.81. The van der Waals surface area contributed by atoms with Crippen molar-refractivity contribution < 1.29 is 13.9 Å². The van der Waals surface area contributed by atoms with Gasteiger partial charge in [0, 0.05) is 20.2 Å². The zero-order chi connectivity index (χ0) is 15.7. The van der Waals surface area contributed by atoms with Gasteiger partial charge in [0.15, 0.2) is 17.5 Å². The lowest BCUT2D eigenvalue weighted by Gasteiger charge is -2.20. The van der Waals surface area contributed by atoms with Crippen LogP contribution >= 0.6 is 0 Å². The van der Waals surface area contributed by atoms with Gasteiger partial charge < -0.3 is 20.1 Å². The minimum Gasteiger partial charge on any atom is -0.486 e. The summed E-state index contributed by atoms with van der Waals surface area (Å²) in [7, 11) is 3.34. The molecule has 118 valence electrons. The molecular formula is C15H24FN3O2. The van der Waals surface area contributed by atoms with E-state index in [-0.39, 0.29) is 23.7 Å². The number of nitrogens with one attached hydrogen (secondary N) is 2. The predicted octanol–water partition coefficient (Wildman–Crippen LogP) is 1.79. The molecule has 1 aromatic carbocycles. The molecule has 0 radical (unpaired) electrons. The molecule has 1 aromatic rings. The molecule has 0 aliphatic rings. The number of guanidine groups is 1. The summed E-state index contributed by atoms with van der Waals surface area (Å²) in [5, 5.41) is 6.32. The number of hydrogen-bond donors (Lipinski definition) is 2. The van der Waals surface area contributed by atoms with Crippen molar-refractivity contribution in [2.24, 2.45) is 4.99 Å². The summed E-state index contributed by atoms with van der Waals surface area (Å²) in [6.07, 6.45) is -0.196. The molecule has 0 spiro atoms. The molecule has 0 aliphatic heterocycles. The molecule has 0 amide bonds. The van der Waals surface area contributed by atoms with Crippen molar-refractivity contribution in [3.05, 3.63) is 30.1 Å². The van der Waals surface area contributed by atoms with Crippen LogP contribution in [0.2, 0.25) is 0 Å². The van der Waals surface area contributed by atoms with Crippen LogP contribution in [0.5, 0.6) is 5.75 Å². The third-order valence-corrected chi connectivity index (χ3v) is 2.75. The molecular weight excluding hydrogens is 273 g/mol. The second kappa shape index (κ2) is 9.18. The van der Waals surface area contributed by atoms with Gasteiger partial charge in [-0.25, -0.2) is 4.39 Å². The van der Waals surface area contributed by atoms with Gasteiger partial charge in [0.2, 0.25) is 0 Å². The van der Waals surface area contributed by atoms with Gasteiger partial charge in [-0.15, -0.1) is 0 Å². The molecule has 0 saturated carbocycles. The van der Waals surface area contributed by atoms with E-state index in [0.717, 1.165) is 0 Å². The highest BCUT2D eigenvalue weighted by atomic mass is 19.1. The fraction of sp³-hybridized carbons (Fsp3) is 0.533. The van der Waals surface area contributed by atoms with Crippen LogP contribution in [-0.2, 0) is 4.74 Å². The molecule has 5 nitrogen and oxygen atoms in total. The Kier molecular flexibility index (Phi) is 7.53. The maximum atomic E-state index is 13.5. The van der Waals surface area contributed by atoms with E-state index in [4.69, 9.17) is 9.47 Å². The van der Waals surface area contributed by atoms with Gasteiger partial charge in [-0.2, -0.15) is 0 Å². The summed E-state index contributed by atoms with van der Waals surface area (Å²) in [6.45, 7) is 4.95. The van der Waals surface area contributed by atoms with Gasteiger partial charge in [-0.3, -0.25) is 4.99 Å². The molecule has 0 aromatic heterocycles. The lowest BCUT2D eigenvalue weighted by molar-refractivity contribution is 0.178. The van der Waals surface area contributed by atoms with Gasteiger partial charge in [0.1, 0.15) is 6.10 Å². The van der Waals surface area contributed by atoms with E-state index in [1.165, 1.54) is 6.07 Å². The topological polar surface area (TPSA) is 54.9 Å². The van der Waals surface area contributed by atoms with Crippen LogP contribution in [0.1, 0.15) is 13.8 Å². The Morgan fingerprint density at radius 1 is 1.33 bits per heavy atom. The fourth-order valence-electron chi connectivity index (χ4n) is 1.76. The Labute approximate surface area is 125 Å². The first-order chi connectivity index (χ1) is 10.1. The summed E-state index contributed by atoms with van der Waals surface area (Å²) in [4.78, 5) is 4.12. The highest BCUT2D eigenvalue weighted by Gasteiger charge is 2.10. The molecule has 0 fully saturated rings. The Morgan fingerprint density at radius 2 is 2.05 bits per heavy atom. The Morgan fingerprint density at radius 3 is 2.67 bits per heavy atom. The third-order valence-electron chi connectivity index (χ3n) is 2.75. The summed E-state index contributed by atoms with van der Waals surface area (Å²) in [5.41, 5.74) is 0. The molecule has 0 heterocycles. The molecule has 2 N–H and O–H groups in total. The average Bonchev–Trinajstić information content (AvgIpc) is 2.46. The Balaban J connectivity index is 2.41. The minimum atomic E-state index is -0.361. The number of benzene rings is 1. The number of ether oxygens (including phenoxy) is 2. The maximum Gasteiger partial charge on any atom is 0.191 e. The zero-order valence-corrected chi connectivity index (χ0v) is 13.0. The second-order valence-electron chi connectivity index (χ2n) is 4.81. The van der Waals surface area contributed by atoms with Crippen molar-refractivity contribution in [3.8, 4) is 5.75 Å². The van der Waals surface area contributed by atoms with Crippen LogP contribution in [0.4, 0.5) is 4.39 Å². The zero-order valence-electron chi connectivity index (χ0n) is 13.0. The van der Waals surface area contributed by atoms with E-state index in [1.54, 1.807) is 32.4 Å². The van der Waals surface area contributed by atoms with Crippen molar-refractivity contribution in [3.63, 3.8) is 0 Å². The quantitative estimate of drug-likeness (QED) is 0.595. The lowest BCUT2D eigenvalue weighted by atomic mass is 10.3. The normalized spacial score (nSPS) is 14.4. The first-order valence-corrected chi connectivity index (χ1v) is 6.94. The maximum absolute atomic E-state index is 13.5. The van der Waals surface area contributed by atoms with Crippen LogP contribution in [0, 0.1) is 5.82 Å². The van der Waals surface area contributed by atoms with Crippen molar-refractivity contribution in [1.29, 1.82) is 0 Å². The largest absolute Gasteiger partial charge is 0.486 e. The molecule has 0 saturated heterocycles. The molecule has 2 atom stereocenters. The number of para-hydroxylation sites is 1. The minimum absolute atomic E-state index is 0.143. The van der Waals surface area contributed by atoms with Crippen LogP contribution in [-0.4, -0.2) is 45.4 Å². The highest BCUT2D eigenvalue weighted by Crippen LogP contribution is 2.16. The van der Waals surface area contributed by atoms with E-state index < -0.39 is 0 Å². The van der Waals surface area contributed by atoms with E-state index in [0.29, 0.717) is 19.1 Å². The predicted molar refractivity (Wildman–Crippen MR) is 82.3 cm³/mol. The van der Waals surface area contributed by atoms with Crippen molar-refractivity contribution in [2.45, 2.75) is 26.0 Å². The lowest BCUT2D eigenvalue weighted by Crippen LogP contribution is -2.46. The standard InChI is InChI=1S/C15H24FN3O2/c1-11(10-20-4)19-15(17-3)18-9-12(2)21-14-8-6-5-7-13(14)16/h5-8,11-12H,9-10H2,1-4H3,(H2,17,18,19). The van der Waals surface area contributed by atoms with Crippen LogP contribution in [0.15, 0.2) is 29.3 Å². The monoisotopic (exact) mass is 297 g/mol. The number of aliphatic imine (C=N–C) groups is 1. The summed E-state index contributed by atoms with van der Waals surface area (Å²) in [6, 6.07) is 6.51. The number of rotatable bonds is 7. The molecule has 0 aliphatic carbocycles. The molecule has 6 heteroatoms. The van der Waals surface area contributed by atoms with E-state index in [9.17, 15) is 4.39 Å². The highest BCUT2D eigenvalue weighted by molar-refractivity contribution is 5.79. The summed E-state index contributed by atoms with van der Waals surface area (Å²) in [5.74, 6) is 0.548. The van der Waals surface area contributed by atoms with E-state index in [2.05, 4.69) is 15.6 Å². The van der Waals surface area contributed by atoms with Crippen LogP contribution in [0.25, 0.3) is 0 Å². The van der Waals surface area contributed by atoms with Gasteiger partial charge in [0.25, 0.3) is 0 Å². The van der Waals surface area contributed by atoms with Crippen molar-refractivity contribution in [2.75, 3.05) is 27.3 Å². The van der Waals surface area contributed by atoms with E-state index >= 15 is 0 Å². The fourth-order valence-corrected chi connectivity index (χ4v) is 1.76. The van der Waals surface area contributed by atoms with Gasteiger partial charge in [-0.1, -0.05) is 12.1 Å². The van der Waals surface area contributed by atoms with Gasteiger partial charge >= 0.3 is 0 Å². The third kappa shape index (κ3) is 6.44. The van der Waals surface area contributed by atoms with Crippen molar-refractivity contribution >= 4 is 5.96 Å². The van der Waals surface area contributed by atoms with E-state index in [1.807, 2.05) is 13.8 Å². The average molecular weight is 297 g/mol. The number of nitrogens with zero attached hydrogens (tertiary/aromatic N) is 1. The van der Waals surface area contributed by atoms with Crippen molar-refractivity contribution in [1.82, 2.24) is 10.6 Å². The summed E-state index contributed by atoms with van der Waals surface area (Å²) < 4.78 is 24.1. The first-order valence-electron chi connectivity index (χ1n) is 6.94. The Bertz CT molecular complexity index is 454. The molecule has 1 rings (SSSR count). The van der Waals surface area contributed by atoms with Crippen LogP contribution < -0.4 is 15.4 Å². The smallest absolute Gasteiger partial charge is 0.191 e. The number of hydrogen-bond acceptors (Lipinski definition) is 3. The van der Waals surface area contributed by atoms with Crippen LogP contribution in [0.3, 0.4) is 0 Å². The van der Waals surface area contributed by atoms with Gasteiger partial charge in [-0.05, 0) is 26.0 Å².